The lowest BCUT2D eigenvalue weighted by atomic mass is 9.82. The largest absolute Gasteiger partial charge is 0.493 e. The Morgan fingerprint density at radius 1 is 1.10 bits per heavy atom. The molecule has 0 unspecified atom stereocenters. The Hall–Kier alpha value is -4.19. The molecule has 0 fully saturated rings. The summed E-state index contributed by atoms with van der Waals surface area (Å²) in [5.41, 5.74) is 8.84. The van der Waals surface area contributed by atoms with Crippen LogP contribution in [0.2, 0.25) is 0 Å². The van der Waals surface area contributed by atoms with Crippen molar-refractivity contribution >= 4 is 0 Å². The zero-order valence-electron chi connectivity index (χ0n) is 16.6. The highest BCUT2D eigenvalue weighted by molar-refractivity contribution is 5.71. The molecule has 3 heterocycles. The van der Waals surface area contributed by atoms with E-state index < -0.39 is 5.92 Å². The van der Waals surface area contributed by atoms with Gasteiger partial charge in [-0.05, 0) is 18.2 Å². The molecular formula is C21H19N5O4. The normalized spacial score (nSPS) is 15.1. The molecule has 0 saturated heterocycles. The second-order valence-electron chi connectivity index (χ2n) is 6.38. The van der Waals surface area contributed by atoms with Crippen molar-refractivity contribution in [1.82, 2.24) is 15.2 Å². The van der Waals surface area contributed by atoms with Gasteiger partial charge in [0.25, 0.3) is 0 Å². The van der Waals surface area contributed by atoms with Gasteiger partial charge in [-0.15, -0.1) is 5.10 Å². The number of rotatable bonds is 5. The minimum atomic E-state index is -0.621. The summed E-state index contributed by atoms with van der Waals surface area (Å²) < 4.78 is 22.2. The fourth-order valence-corrected chi connectivity index (χ4v) is 3.61. The molecule has 0 amide bonds. The summed E-state index contributed by atoms with van der Waals surface area (Å²) in [6.07, 6.45) is 1.67. The average molecular weight is 405 g/mol. The molecular weight excluding hydrogens is 386 g/mol. The highest BCUT2D eigenvalue weighted by Crippen LogP contribution is 2.51. The van der Waals surface area contributed by atoms with Crippen LogP contribution in [0.25, 0.3) is 11.4 Å². The van der Waals surface area contributed by atoms with Crippen LogP contribution in [0.3, 0.4) is 0 Å². The number of aromatic nitrogens is 3. The van der Waals surface area contributed by atoms with Crippen LogP contribution < -0.4 is 24.7 Å². The molecule has 9 heteroatoms. The molecule has 1 aliphatic heterocycles. The Morgan fingerprint density at radius 2 is 1.90 bits per heavy atom. The molecule has 1 aliphatic rings. The van der Waals surface area contributed by atoms with E-state index >= 15 is 0 Å². The van der Waals surface area contributed by atoms with Gasteiger partial charge in [0.05, 0.1) is 44.2 Å². The van der Waals surface area contributed by atoms with Crippen LogP contribution in [0, 0.1) is 11.3 Å². The van der Waals surface area contributed by atoms with E-state index in [1.165, 1.54) is 21.3 Å². The summed E-state index contributed by atoms with van der Waals surface area (Å²) in [7, 11) is 4.58. The fraction of sp³-hybridized carbons (Fsp3) is 0.190. The second kappa shape index (κ2) is 7.67. The maximum atomic E-state index is 9.90. The number of hydrogen-bond acceptors (Lipinski definition) is 8. The SMILES string of the molecule is COc1ccc([C@@H]2C(C#N)=C(N)Oc3n[nH]c(-c4ccccn4)c32)c(OC)c1OC. The topological polar surface area (TPSA) is 128 Å². The van der Waals surface area contributed by atoms with Gasteiger partial charge in [0, 0.05) is 11.8 Å². The zero-order chi connectivity index (χ0) is 21.3. The molecule has 0 saturated carbocycles. The van der Waals surface area contributed by atoms with E-state index in [9.17, 15) is 5.26 Å². The number of benzene rings is 1. The average Bonchev–Trinajstić information content (AvgIpc) is 3.20. The summed E-state index contributed by atoms with van der Waals surface area (Å²) in [6, 6.07) is 11.2. The number of fused-ring (bicyclic) bond motifs is 1. The quantitative estimate of drug-likeness (QED) is 0.663. The van der Waals surface area contributed by atoms with Gasteiger partial charge in [-0.1, -0.05) is 12.1 Å². The van der Waals surface area contributed by atoms with E-state index in [0.717, 1.165) is 0 Å². The molecule has 9 nitrogen and oxygen atoms in total. The van der Waals surface area contributed by atoms with Crippen LogP contribution in [0.1, 0.15) is 17.0 Å². The van der Waals surface area contributed by atoms with Crippen molar-refractivity contribution in [2.24, 2.45) is 5.73 Å². The number of hydrogen-bond donors (Lipinski definition) is 2. The van der Waals surface area contributed by atoms with Crippen molar-refractivity contribution in [2.45, 2.75) is 5.92 Å². The molecule has 1 aromatic carbocycles. The number of nitrogens with one attached hydrogen (secondary N) is 1. The highest BCUT2D eigenvalue weighted by Gasteiger charge is 2.38. The third-order valence-electron chi connectivity index (χ3n) is 4.91. The fourth-order valence-electron chi connectivity index (χ4n) is 3.61. The third-order valence-corrected chi connectivity index (χ3v) is 4.91. The molecule has 152 valence electrons. The lowest BCUT2D eigenvalue weighted by Crippen LogP contribution is -2.21. The van der Waals surface area contributed by atoms with E-state index in [0.29, 0.717) is 39.8 Å². The van der Waals surface area contributed by atoms with Crippen LogP contribution in [0.15, 0.2) is 48.0 Å². The van der Waals surface area contributed by atoms with Crippen LogP contribution in [0.4, 0.5) is 0 Å². The second-order valence-corrected chi connectivity index (χ2v) is 6.38. The summed E-state index contributed by atoms with van der Waals surface area (Å²) in [6.45, 7) is 0. The van der Waals surface area contributed by atoms with E-state index in [1.807, 2.05) is 18.2 Å². The van der Waals surface area contributed by atoms with E-state index in [1.54, 1.807) is 18.3 Å². The van der Waals surface area contributed by atoms with E-state index in [4.69, 9.17) is 24.7 Å². The molecule has 30 heavy (non-hydrogen) atoms. The molecule has 2 aromatic heterocycles. The third kappa shape index (κ3) is 2.86. The number of allylic oxidation sites excluding steroid dienone is 1. The van der Waals surface area contributed by atoms with Gasteiger partial charge in [0.15, 0.2) is 11.5 Å². The number of ether oxygens (including phenoxy) is 4. The molecule has 0 radical (unpaired) electrons. The van der Waals surface area contributed by atoms with Gasteiger partial charge >= 0.3 is 0 Å². The molecule has 1 atom stereocenters. The molecule has 4 rings (SSSR count). The summed E-state index contributed by atoms with van der Waals surface area (Å²) in [5.74, 6) is 0.954. The summed E-state index contributed by atoms with van der Waals surface area (Å²) >= 11 is 0. The Balaban J connectivity index is 2.01. The standard InChI is InChI=1S/C21H19N5O4/c1-27-14-8-7-11(18(28-2)19(14)29-3)15-12(10-22)20(23)30-21-16(15)17(25-26-21)13-6-4-5-9-24-13/h4-9,15H,23H2,1-3H3,(H,25,26)/t15-/m1/s1. The number of pyridine rings is 1. The Labute approximate surface area is 172 Å². The predicted molar refractivity (Wildman–Crippen MR) is 107 cm³/mol. The summed E-state index contributed by atoms with van der Waals surface area (Å²) in [5, 5.41) is 17.1. The first-order valence-corrected chi connectivity index (χ1v) is 9.00. The van der Waals surface area contributed by atoms with Gasteiger partial charge in [-0.2, -0.15) is 5.26 Å². The first-order chi connectivity index (χ1) is 14.6. The van der Waals surface area contributed by atoms with Crippen LogP contribution >= 0.6 is 0 Å². The molecule has 0 spiro atoms. The van der Waals surface area contributed by atoms with Gasteiger partial charge in [-0.25, -0.2) is 0 Å². The number of H-pyrrole nitrogens is 1. The van der Waals surface area contributed by atoms with Gasteiger partial charge < -0.3 is 24.7 Å². The van der Waals surface area contributed by atoms with Crippen molar-refractivity contribution < 1.29 is 18.9 Å². The molecule has 3 aromatic rings. The Bertz CT molecular complexity index is 1160. The number of nitrogens with two attached hydrogens (primary N) is 1. The van der Waals surface area contributed by atoms with Gasteiger partial charge in [0.1, 0.15) is 11.6 Å². The monoisotopic (exact) mass is 405 g/mol. The van der Waals surface area contributed by atoms with Crippen LogP contribution in [-0.4, -0.2) is 36.5 Å². The number of nitriles is 1. The van der Waals surface area contributed by atoms with E-state index in [2.05, 4.69) is 21.3 Å². The van der Waals surface area contributed by atoms with Crippen molar-refractivity contribution in [3.63, 3.8) is 0 Å². The van der Waals surface area contributed by atoms with Gasteiger partial charge in [0.2, 0.25) is 17.5 Å². The highest BCUT2D eigenvalue weighted by atomic mass is 16.5. The maximum Gasteiger partial charge on any atom is 0.244 e. The van der Waals surface area contributed by atoms with Crippen molar-refractivity contribution in [2.75, 3.05) is 21.3 Å². The predicted octanol–water partition coefficient (Wildman–Crippen LogP) is 2.72. The first kappa shape index (κ1) is 19.1. The smallest absolute Gasteiger partial charge is 0.244 e. The first-order valence-electron chi connectivity index (χ1n) is 9.00. The molecule has 3 N–H and O–H groups in total. The Kier molecular flexibility index (Phi) is 4.90. The lowest BCUT2D eigenvalue weighted by molar-refractivity contribution is 0.321. The number of nitrogens with zero attached hydrogens (tertiary/aromatic N) is 3. The molecule has 0 aliphatic carbocycles. The Morgan fingerprint density at radius 3 is 2.53 bits per heavy atom. The van der Waals surface area contributed by atoms with Crippen molar-refractivity contribution in [3.8, 4) is 40.6 Å². The minimum absolute atomic E-state index is 0.0223. The van der Waals surface area contributed by atoms with Crippen molar-refractivity contribution in [1.29, 1.82) is 5.26 Å². The number of methoxy groups -OCH3 is 3. The van der Waals surface area contributed by atoms with Gasteiger partial charge in [-0.3, -0.25) is 10.1 Å². The minimum Gasteiger partial charge on any atom is -0.493 e. The van der Waals surface area contributed by atoms with Crippen molar-refractivity contribution in [3.05, 3.63) is 59.1 Å². The summed E-state index contributed by atoms with van der Waals surface area (Å²) in [4.78, 5) is 4.40. The molecule has 0 bridgehead atoms. The van der Waals surface area contributed by atoms with E-state index in [-0.39, 0.29) is 17.3 Å². The van der Waals surface area contributed by atoms with Crippen LogP contribution in [0.5, 0.6) is 23.1 Å². The zero-order valence-corrected chi connectivity index (χ0v) is 16.6. The maximum absolute atomic E-state index is 9.90. The lowest BCUT2D eigenvalue weighted by Gasteiger charge is -2.26. The number of aromatic amines is 1. The van der Waals surface area contributed by atoms with Crippen LogP contribution in [-0.2, 0) is 0 Å².